The first-order chi connectivity index (χ1) is 6.18. The van der Waals surface area contributed by atoms with Crippen molar-refractivity contribution in [2.24, 2.45) is 0 Å². The Bertz CT molecular complexity index is 392. The fraction of sp³-hybridized carbons (Fsp3) is 1.00. The molecule has 8 heteroatoms. The van der Waals surface area contributed by atoms with Gasteiger partial charge in [-0.3, -0.25) is 0 Å². The lowest BCUT2D eigenvalue weighted by atomic mass is 9.91. The summed E-state index contributed by atoms with van der Waals surface area (Å²) in [7, 11) is -7.31. The van der Waals surface area contributed by atoms with Crippen molar-refractivity contribution in [2.45, 2.75) is 25.0 Å². The Morgan fingerprint density at radius 2 is 1.79 bits per heavy atom. The number of aliphatic hydroxyl groups excluding tert-OH is 1. The van der Waals surface area contributed by atoms with Gasteiger partial charge in [-0.15, -0.1) is 0 Å². The van der Waals surface area contributed by atoms with Crippen LogP contribution in [0.1, 0.15) is 12.8 Å². The van der Waals surface area contributed by atoms with Crippen molar-refractivity contribution in [3.63, 3.8) is 0 Å². The molecule has 84 valence electrons. The van der Waals surface area contributed by atoms with E-state index in [-0.39, 0.29) is 6.04 Å². The molecule has 0 aromatic heterocycles. The normalized spacial score (nSPS) is 28.4. The van der Waals surface area contributed by atoms with Gasteiger partial charge in [0.1, 0.15) is 0 Å². The van der Waals surface area contributed by atoms with E-state index in [2.05, 4.69) is 4.72 Å². The zero-order valence-corrected chi connectivity index (χ0v) is 9.31. The molecule has 0 bridgehead atoms. The number of rotatable bonds is 4. The van der Waals surface area contributed by atoms with E-state index < -0.39 is 31.0 Å². The van der Waals surface area contributed by atoms with Crippen molar-refractivity contribution in [1.82, 2.24) is 4.72 Å². The molecular weight excluding hydrogens is 230 g/mol. The fourth-order valence-corrected chi connectivity index (χ4v) is 4.48. The molecule has 0 amide bonds. The first-order valence-corrected chi connectivity index (χ1v) is 7.75. The molecule has 0 aromatic carbocycles. The van der Waals surface area contributed by atoms with Crippen molar-refractivity contribution in [1.29, 1.82) is 0 Å². The maximum atomic E-state index is 11.2. The molecule has 0 heterocycles. The van der Waals surface area contributed by atoms with E-state index in [4.69, 9.17) is 5.11 Å². The molecule has 0 radical (unpaired) electrons. The Morgan fingerprint density at radius 3 is 2.14 bits per heavy atom. The number of aliphatic hydroxyl groups is 1. The quantitative estimate of drug-likeness (QED) is 0.621. The van der Waals surface area contributed by atoms with E-state index in [0.29, 0.717) is 12.8 Å². The largest absolute Gasteiger partial charge is 0.393 e. The van der Waals surface area contributed by atoms with Gasteiger partial charge in [-0.25, -0.2) is 21.6 Å². The van der Waals surface area contributed by atoms with Gasteiger partial charge >= 0.3 is 0 Å². The van der Waals surface area contributed by atoms with E-state index in [9.17, 15) is 16.8 Å². The molecule has 0 atom stereocenters. The smallest absolute Gasteiger partial charge is 0.226 e. The fourth-order valence-electron chi connectivity index (χ4n) is 1.25. The molecule has 0 spiro atoms. The lowest BCUT2D eigenvalue weighted by Gasteiger charge is -2.31. The molecule has 14 heavy (non-hydrogen) atoms. The summed E-state index contributed by atoms with van der Waals surface area (Å²) in [6, 6.07) is -0.322. The van der Waals surface area contributed by atoms with E-state index in [0.717, 1.165) is 6.26 Å². The summed E-state index contributed by atoms with van der Waals surface area (Å²) in [4.78, 5) is 0. The van der Waals surface area contributed by atoms with E-state index >= 15 is 0 Å². The number of sulfone groups is 1. The molecular formula is C6H13NO5S2. The van der Waals surface area contributed by atoms with Crippen LogP contribution in [-0.4, -0.2) is 45.4 Å². The van der Waals surface area contributed by atoms with Gasteiger partial charge in [0.15, 0.2) is 14.9 Å². The van der Waals surface area contributed by atoms with Crippen LogP contribution in [-0.2, 0) is 19.9 Å². The molecule has 1 saturated carbocycles. The molecule has 0 saturated heterocycles. The zero-order chi connectivity index (χ0) is 11.0. The summed E-state index contributed by atoms with van der Waals surface area (Å²) in [5.74, 6) is 0. The van der Waals surface area contributed by atoms with Crippen LogP contribution in [0.25, 0.3) is 0 Å². The highest BCUT2D eigenvalue weighted by Gasteiger charge is 2.31. The second-order valence-corrected chi connectivity index (χ2v) is 7.86. The van der Waals surface area contributed by atoms with E-state index in [1.54, 1.807) is 0 Å². The van der Waals surface area contributed by atoms with Crippen LogP contribution < -0.4 is 4.72 Å². The summed E-state index contributed by atoms with van der Waals surface area (Å²) >= 11 is 0. The van der Waals surface area contributed by atoms with Gasteiger partial charge in [-0.2, -0.15) is 0 Å². The standard InChI is InChI=1S/C6H13NO5S2/c1-13(9,10)4-14(11,12)7-5-2-6(8)3-5/h5-8H,2-4H2,1H3. The van der Waals surface area contributed by atoms with E-state index in [1.807, 2.05) is 0 Å². The van der Waals surface area contributed by atoms with Crippen LogP contribution >= 0.6 is 0 Å². The summed E-state index contributed by atoms with van der Waals surface area (Å²) in [6.07, 6.45) is 1.09. The van der Waals surface area contributed by atoms with Crippen LogP contribution in [0.2, 0.25) is 0 Å². The minimum Gasteiger partial charge on any atom is -0.393 e. The van der Waals surface area contributed by atoms with Crippen LogP contribution in [0.3, 0.4) is 0 Å². The summed E-state index contributed by atoms with van der Waals surface area (Å²) < 4.78 is 46.0. The first kappa shape index (κ1) is 11.9. The van der Waals surface area contributed by atoms with Gasteiger partial charge in [-0.05, 0) is 12.8 Å². The summed E-state index contributed by atoms with van der Waals surface area (Å²) in [6.45, 7) is 0. The monoisotopic (exact) mass is 243 g/mol. The van der Waals surface area contributed by atoms with E-state index in [1.165, 1.54) is 0 Å². The number of hydrogen-bond acceptors (Lipinski definition) is 5. The summed E-state index contributed by atoms with van der Waals surface area (Å²) in [5, 5.41) is 8.00. The Kier molecular flexibility index (Phi) is 3.20. The molecule has 2 N–H and O–H groups in total. The molecule has 0 aliphatic heterocycles. The zero-order valence-electron chi connectivity index (χ0n) is 7.67. The average Bonchev–Trinajstić information content (AvgIpc) is 1.76. The van der Waals surface area contributed by atoms with Gasteiger partial charge in [0, 0.05) is 12.3 Å². The van der Waals surface area contributed by atoms with Gasteiger partial charge in [0.05, 0.1) is 6.10 Å². The van der Waals surface area contributed by atoms with Crippen molar-refractivity contribution in [3.8, 4) is 0 Å². The SMILES string of the molecule is CS(=O)(=O)CS(=O)(=O)NC1CC(O)C1. The predicted octanol–water partition coefficient (Wildman–Crippen LogP) is -1.57. The highest BCUT2D eigenvalue weighted by atomic mass is 32.3. The lowest BCUT2D eigenvalue weighted by Crippen LogP contribution is -2.47. The second-order valence-electron chi connectivity index (χ2n) is 3.60. The van der Waals surface area contributed by atoms with Gasteiger partial charge in [0.25, 0.3) is 0 Å². The van der Waals surface area contributed by atoms with Crippen molar-refractivity contribution in [2.75, 3.05) is 11.3 Å². The van der Waals surface area contributed by atoms with Crippen LogP contribution in [0.15, 0.2) is 0 Å². The van der Waals surface area contributed by atoms with Crippen LogP contribution in [0.5, 0.6) is 0 Å². The third-order valence-electron chi connectivity index (χ3n) is 1.83. The average molecular weight is 243 g/mol. The molecule has 1 fully saturated rings. The number of nitrogens with one attached hydrogen (secondary N) is 1. The number of sulfonamides is 1. The Labute approximate surface area is 83.3 Å². The van der Waals surface area contributed by atoms with Crippen LogP contribution in [0.4, 0.5) is 0 Å². The molecule has 0 aromatic rings. The van der Waals surface area contributed by atoms with Crippen LogP contribution in [0, 0.1) is 0 Å². The lowest BCUT2D eigenvalue weighted by molar-refractivity contribution is 0.0712. The highest BCUT2D eigenvalue weighted by molar-refractivity contribution is 8.06. The van der Waals surface area contributed by atoms with Gasteiger partial charge in [-0.1, -0.05) is 0 Å². The minimum absolute atomic E-state index is 0.322. The third kappa shape index (κ3) is 3.91. The Balaban J connectivity index is 2.51. The maximum Gasteiger partial charge on any atom is 0.226 e. The minimum atomic E-state index is -3.77. The van der Waals surface area contributed by atoms with Crippen molar-refractivity contribution >= 4 is 19.9 Å². The van der Waals surface area contributed by atoms with Crippen molar-refractivity contribution in [3.05, 3.63) is 0 Å². The van der Waals surface area contributed by atoms with Gasteiger partial charge < -0.3 is 5.11 Å². The molecule has 1 aliphatic carbocycles. The Hall–Kier alpha value is -0.180. The first-order valence-electron chi connectivity index (χ1n) is 4.04. The topological polar surface area (TPSA) is 101 Å². The second kappa shape index (κ2) is 3.76. The predicted molar refractivity (Wildman–Crippen MR) is 50.8 cm³/mol. The molecule has 1 aliphatic rings. The number of hydrogen-bond donors (Lipinski definition) is 2. The Morgan fingerprint density at radius 1 is 1.29 bits per heavy atom. The summed E-state index contributed by atoms with van der Waals surface area (Å²) in [5.41, 5.74) is 0. The van der Waals surface area contributed by atoms with Gasteiger partial charge in [0.2, 0.25) is 10.0 Å². The molecule has 6 nitrogen and oxygen atoms in total. The van der Waals surface area contributed by atoms with Crippen molar-refractivity contribution < 1.29 is 21.9 Å². The maximum absolute atomic E-state index is 11.2. The molecule has 0 unspecified atom stereocenters. The highest BCUT2D eigenvalue weighted by Crippen LogP contribution is 2.20. The third-order valence-corrected chi connectivity index (χ3v) is 5.47. The molecule has 1 rings (SSSR count).